The highest BCUT2D eigenvalue weighted by Crippen LogP contribution is 2.20. The van der Waals surface area contributed by atoms with E-state index in [1.807, 2.05) is 12.1 Å². The second-order valence-corrected chi connectivity index (χ2v) is 6.81. The van der Waals surface area contributed by atoms with Gasteiger partial charge < -0.3 is 20.1 Å². The summed E-state index contributed by atoms with van der Waals surface area (Å²) < 4.78 is 11.3. The van der Waals surface area contributed by atoms with Gasteiger partial charge in [0.15, 0.2) is 5.96 Å². The van der Waals surface area contributed by atoms with E-state index >= 15 is 0 Å². The highest BCUT2D eigenvalue weighted by molar-refractivity contribution is 5.79. The Bertz CT molecular complexity index is 528. The van der Waals surface area contributed by atoms with Crippen LogP contribution in [-0.4, -0.2) is 38.9 Å². The quantitative estimate of drug-likeness (QED) is 0.380. The van der Waals surface area contributed by atoms with Gasteiger partial charge in [0.1, 0.15) is 0 Å². The molecule has 1 aromatic carbocycles. The summed E-state index contributed by atoms with van der Waals surface area (Å²) in [5, 5.41) is 6.72. The van der Waals surface area contributed by atoms with Crippen LogP contribution in [-0.2, 0) is 22.6 Å². The van der Waals surface area contributed by atoms with Crippen molar-refractivity contribution in [2.24, 2.45) is 4.99 Å². The van der Waals surface area contributed by atoms with Crippen LogP contribution in [0.3, 0.4) is 0 Å². The number of benzene rings is 1. The van der Waals surface area contributed by atoms with E-state index in [0.717, 1.165) is 32.1 Å². The molecule has 0 bridgehead atoms. The molecule has 1 aliphatic rings. The van der Waals surface area contributed by atoms with Gasteiger partial charge in [0.2, 0.25) is 0 Å². The Balaban J connectivity index is 1.73. The largest absolute Gasteiger partial charge is 0.380 e. The van der Waals surface area contributed by atoms with Gasteiger partial charge in [-0.15, -0.1) is 0 Å². The topological polar surface area (TPSA) is 54.9 Å². The highest BCUT2D eigenvalue weighted by atomic mass is 16.5. The van der Waals surface area contributed by atoms with Crippen molar-refractivity contribution in [3.8, 4) is 0 Å². The van der Waals surface area contributed by atoms with Crippen LogP contribution in [0.5, 0.6) is 0 Å². The molecule has 2 N–H and O–H groups in total. The molecule has 0 saturated heterocycles. The van der Waals surface area contributed by atoms with Crippen LogP contribution in [0.15, 0.2) is 29.3 Å². The number of methoxy groups -OCH3 is 1. The van der Waals surface area contributed by atoms with Crippen molar-refractivity contribution in [1.82, 2.24) is 10.6 Å². The van der Waals surface area contributed by atoms with Crippen LogP contribution in [0.4, 0.5) is 0 Å². The number of hydrogen-bond acceptors (Lipinski definition) is 3. The maximum Gasteiger partial charge on any atom is 0.191 e. The van der Waals surface area contributed by atoms with Gasteiger partial charge in [-0.2, -0.15) is 0 Å². The first-order valence-electron chi connectivity index (χ1n) is 10.0. The van der Waals surface area contributed by atoms with E-state index in [1.165, 1.54) is 43.2 Å². The molecule has 5 nitrogen and oxygen atoms in total. The van der Waals surface area contributed by atoms with Crippen molar-refractivity contribution in [2.75, 3.05) is 26.8 Å². The van der Waals surface area contributed by atoms with Crippen molar-refractivity contribution < 1.29 is 9.47 Å². The monoisotopic (exact) mass is 361 g/mol. The van der Waals surface area contributed by atoms with Crippen molar-refractivity contribution in [2.45, 2.75) is 64.7 Å². The zero-order valence-corrected chi connectivity index (χ0v) is 16.4. The molecule has 0 aromatic heterocycles. The molecule has 0 amide bonds. The molecule has 1 aromatic rings. The third kappa shape index (κ3) is 7.75. The Morgan fingerprint density at radius 2 is 1.88 bits per heavy atom. The minimum absolute atomic E-state index is 0.489. The molecule has 1 saturated carbocycles. The Labute approximate surface area is 158 Å². The molecule has 26 heavy (non-hydrogen) atoms. The van der Waals surface area contributed by atoms with E-state index in [9.17, 15) is 0 Å². The number of hydrogen-bond donors (Lipinski definition) is 2. The number of guanidine groups is 1. The normalized spacial score (nSPS) is 15.8. The van der Waals surface area contributed by atoms with Gasteiger partial charge in [-0.25, -0.2) is 4.99 Å². The third-order valence-corrected chi connectivity index (χ3v) is 4.69. The molecule has 5 heteroatoms. The lowest BCUT2D eigenvalue weighted by Gasteiger charge is -2.22. The lowest BCUT2D eigenvalue weighted by Crippen LogP contribution is -2.38. The minimum atomic E-state index is 0.489. The van der Waals surface area contributed by atoms with Crippen molar-refractivity contribution in [3.63, 3.8) is 0 Å². The first-order valence-corrected chi connectivity index (χ1v) is 10.0. The third-order valence-electron chi connectivity index (χ3n) is 4.69. The summed E-state index contributed by atoms with van der Waals surface area (Å²) in [5.41, 5.74) is 2.39. The summed E-state index contributed by atoms with van der Waals surface area (Å²) >= 11 is 0. The second kappa shape index (κ2) is 12.7. The van der Waals surface area contributed by atoms with Crippen molar-refractivity contribution in [3.05, 3.63) is 35.4 Å². The molecule has 1 fully saturated rings. The molecule has 1 aliphatic carbocycles. The van der Waals surface area contributed by atoms with Gasteiger partial charge in [-0.3, -0.25) is 0 Å². The van der Waals surface area contributed by atoms with Crippen LogP contribution in [0, 0.1) is 0 Å². The number of nitrogens with one attached hydrogen (secondary N) is 2. The standard InChI is InChI=1S/C21H35N3O2/c1-3-22-21(23-14-9-15-26-20-12-5-4-6-13-20)24-16-18-10-7-8-11-19(18)17-25-2/h7-8,10-11,20H,3-6,9,12-17H2,1-2H3,(H2,22,23,24). The van der Waals surface area contributed by atoms with E-state index in [1.54, 1.807) is 7.11 Å². The van der Waals surface area contributed by atoms with Gasteiger partial charge in [-0.1, -0.05) is 43.5 Å². The molecule has 0 aliphatic heterocycles. The van der Waals surface area contributed by atoms with E-state index in [4.69, 9.17) is 14.5 Å². The maximum atomic E-state index is 5.98. The Morgan fingerprint density at radius 3 is 2.62 bits per heavy atom. The fraction of sp³-hybridized carbons (Fsp3) is 0.667. The fourth-order valence-corrected chi connectivity index (χ4v) is 3.27. The zero-order chi connectivity index (χ0) is 18.5. The smallest absolute Gasteiger partial charge is 0.191 e. The first-order chi connectivity index (χ1) is 12.8. The van der Waals surface area contributed by atoms with Gasteiger partial charge in [0.25, 0.3) is 0 Å². The lowest BCUT2D eigenvalue weighted by molar-refractivity contribution is 0.0277. The summed E-state index contributed by atoms with van der Waals surface area (Å²) in [5.74, 6) is 0.859. The highest BCUT2D eigenvalue weighted by Gasteiger charge is 2.13. The molecular weight excluding hydrogens is 326 g/mol. The predicted octanol–water partition coefficient (Wildman–Crippen LogP) is 3.63. The van der Waals surface area contributed by atoms with Crippen molar-refractivity contribution in [1.29, 1.82) is 0 Å². The maximum absolute atomic E-state index is 5.98. The average molecular weight is 362 g/mol. The number of rotatable bonds is 10. The Hall–Kier alpha value is -1.59. The summed E-state index contributed by atoms with van der Waals surface area (Å²) in [4.78, 5) is 4.71. The second-order valence-electron chi connectivity index (χ2n) is 6.81. The van der Waals surface area contributed by atoms with Crippen LogP contribution < -0.4 is 10.6 Å². The zero-order valence-electron chi connectivity index (χ0n) is 16.4. The summed E-state index contributed by atoms with van der Waals surface area (Å²) in [6.07, 6.45) is 7.98. The van der Waals surface area contributed by atoms with Gasteiger partial charge in [0.05, 0.1) is 19.3 Å². The van der Waals surface area contributed by atoms with E-state index in [-0.39, 0.29) is 0 Å². The molecule has 0 heterocycles. The number of nitrogens with zero attached hydrogens (tertiary/aromatic N) is 1. The Kier molecular flexibility index (Phi) is 10.1. The number of ether oxygens (including phenoxy) is 2. The molecule has 146 valence electrons. The first kappa shape index (κ1) is 20.7. The number of aliphatic imine (C=N–C) groups is 1. The minimum Gasteiger partial charge on any atom is -0.380 e. The average Bonchev–Trinajstić information content (AvgIpc) is 2.68. The van der Waals surface area contributed by atoms with Gasteiger partial charge >= 0.3 is 0 Å². The van der Waals surface area contributed by atoms with Crippen LogP contribution in [0.2, 0.25) is 0 Å². The molecule has 0 unspecified atom stereocenters. The molecule has 0 spiro atoms. The summed E-state index contributed by atoms with van der Waals surface area (Å²) in [6.45, 7) is 5.90. The molecule has 2 rings (SSSR count). The van der Waals surface area contributed by atoms with Crippen LogP contribution >= 0.6 is 0 Å². The molecule has 0 atom stereocenters. The molecule has 0 radical (unpaired) electrons. The van der Waals surface area contributed by atoms with E-state index in [2.05, 4.69) is 29.7 Å². The van der Waals surface area contributed by atoms with Gasteiger partial charge in [0, 0.05) is 26.8 Å². The fourth-order valence-electron chi connectivity index (χ4n) is 3.27. The predicted molar refractivity (Wildman–Crippen MR) is 107 cm³/mol. The SMILES string of the molecule is CCNC(=NCc1ccccc1COC)NCCCOC1CCCCC1. The summed E-state index contributed by atoms with van der Waals surface area (Å²) in [6, 6.07) is 8.29. The van der Waals surface area contributed by atoms with Gasteiger partial charge in [-0.05, 0) is 37.3 Å². The Morgan fingerprint density at radius 1 is 1.12 bits per heavy atom. The van der Waals surface area contributed by atoms with Crippen LogP contribution in [0.25, 0.3) is 0 Å². The van der Waals surface area contributed by atoms with Crippen LogP contribution in [0.1, 0.15) is 56.6 Å². The van der Waals surface area contributed by atoms with Crippen molar-refractivity contribution >= 4 is 5.96 Å². The molecular formula is C21H35N3O2. The van der Waals surface area contributed by atoms with E-state index < -0.39 is 0 Å². The summed E-state index contributed by atoms with van der Waals surface area (Å²) in [7, 11) is 1.72. The lowest BCUT2D eigenvalue weighted by atomic mass is 9.98. The van der Waals surface area contributed by atoms with E-state index in [0.29, 0.717) is 19.3 Å².